The summed E-state index contributed by atoms with van der Waals surface area (Å²) in [5.41, 5.74) is 2.00. The van der Waals surface area contributed by atoms with Gasteiger partial charge in [-0.05, 0) is 56.6 Å². The van der Waals surface area contributed by atoms with Gasteiger partial charge in [0.05, 0.1) is 6.04 Å². The van der Waals surface area contributed by atoms with Crippen LogP contribution in [-0.2, 0) is 11.3 Å². The van der Waals surface area contributed by atoms with Gasteiger partial charge >= 0.3 is 0 Å². The molecule has 2 aromatic carbocycles. The van der Waals surface area contributed by atoms with Crippen molar-refractivity contribution in [2.75, 3.05) is 52.5 Å². The average molecular weight is 478 g/mol. The predicted molar refractivity (Wildman–Crippen MR) is 134 cm³/mol. The van der Waals surface area contributed by atoms with Gasteiger partial charge in [0.25, 0.3) is 0 Å². The normalized spacial score (nSPS) is 20.4. The van der Waals surface area contributed by atoms with Crippen molar-refractivity contribution in [2.45, 2.75) is 32.4 Å². The molecule has 2 aromatic rings. The summed E-state index contributed by atoms with van der Waals surface area (Å²) in [7, 11) is 0. The van der Waals surface area contributed by atoms with E-state index in [1.54, 1.807) is 0 Å². The molecule has 1 amide bonds. The highest BCUT2D eigenvalue weighted by Gasteiger charge is 2.33. The lowest BCUT2D eigenvalue weighted by Crippen LogP contribution is -2.55. The molecular weight excluding hydrogens is 442 g/mol. The Hall–Kier alpha value is -2.90. The summed E-state index contributed by atoms with van der Waals surface area (Å²) in [4.78, 5) is 33.0. The minimum Gasteiger partial charge on any atom is -0.486 e. The smallest absolute Gasteiger partial charge is 0.239 e. The van der Waals surface area contributed by atoms with E-state index in [2.05, 4.69) is 34.1 Å². The van der Waals surface area contributed by atoms with Gasteiger partial charge < -0.3 is 14.4 Å². The Morgan fingerprint density at radius 1 is 0.886 bits per heavy atom. The molecule has 0 aromatic heterocycles. The first-order chi connectivity index (χ1) is 17.1. The number of piperidine rings is 1. The van der Waals surface area contributed by atoms with Crippen molar-refractivity contribution in [1.29, 1.82) is 0 Å². The van der Waals surface area contributed by atoms with Gasteiger partial charge in [0.15, 0.2) is 17.3 Å². The van der Waals surface area contributed by atoms with Crippen LogP contribution in [-0.4, -0.2) is 84.9 Å². The number of piperazine rings is 1. The van der Waals surface area contributed by atoms with Gasteiger partial charge in [0.1, 0.15) is 13.2 Å². The molecule has 2 fully saturated rings. The van der Waals surface area contributed by atoms with Crippen LogP contribution in [0.15, 0.2) is 48.5 Å². The van der Waals surface area contributed by atoms with Crippen molar-refractivity contribution in [3.8, 4) is 11.5 Å². The quantitative estimate of drug-likeness (QED) is 0.596. The van der Waals surface area contributed by atoms with Gasteiger partial charge in [-0.25, -0.2) is 0 Å². The highest BCUT2D eigenvalue weighted by Crippen LogP contribution is 2.32. The zero-order valence-corrected chi connectivity index (χ0v) is 20.5. The van der Waals surface area contributed by atoms with E-state index in [4.69, 9.17) is 9.47 Å². The number of hydrogen-bond acceptors (Lipinski definition) is 6. The first-order valence-corrected chi connectivity index (χ1v) is 12.8. The summed E-state index contributed by atoms with van der Waals surface area (Å²) in [5, 5.41) is 0. The molecule has 35 heavy (non-hydrogen) atoms. The molecule has 0 saturated carbocycles. The lowest BCUT2D eigenvalue weighted by atomic mass is 9.88. The zero-order chi connectivity index (χ0) is 24.2. The minimum atomic E-state index is -0.152. The van der Waals surface area contributed by atoms with Gasteiger partial charge in [0, 0.05) is 44.2 Å². The van der Waals surface area contributed by atoms with Crippen LogP contribution in [0.2, 0.25) is 0 Å². The summed E-state index contributed by atoms with van der Waals surface area (Å²) >= 11 is 0. The lowest BCUT2D eigenvalue weighted by Gasteiger charge is -2.40. The van der Waals surface area contributed by atoms with Gasteiger partial charge in [0.2, 0.25) is 5.91 Å². The number of fused-ring (bicyclic) bond motifs is 1. The van der Waals surface area contributed by atoms with Crippen molar-refractivity contribution < 1.29 is 19.1 Å². The van der Waals surface area contributed by atoms with E-state index in [1.807, 2.05) is 36.1 Å². The van der Waals surface area contributed by atoms with E-state index in [9.17, 15) is 9.59 Å². The molecule has 1 unspecified atom stereocenters. The Balaban J connectivity index is 1.09. The van der Waals surface area contributed by atoms with Gasteiger partial charge in [-0.15, -0.1) is 0 Å². The maximum Gasteiger partial charge on any atom is 0.239 e. The third kappa shape index (κ3) is 5.52. The Kier molecular flexibility index (Phi) is 7.35. The largest absolute Gasteiger partial charge is 0.486 e. The van der Waals surface area contributed by atoms with E-state index >= 15 is 0 Å². The molecule has 0 spiro atoms. The van der Waals surface area contributed by atoms with Crippen molar-refractivity contribution in [1.82, 2.24) is 14.7 Å². The highest BCUT2D eigenvalue weighted by molar-refractivity contribution is 5.98. The second kappa shape index (κ2) is 10.8. The second-order valence-electron chi connectivity index (χ2n) is 9.80. The summed E-state index contributed by atoms with van der Waals surface area (Å²) in [6, 6.07) is 15.8. The topological polar surface area (TPSA) is 62.3 Å². The molecule has 7 heteroatoms. The number of carbonyl (C=O) groups excluding carboxylic acids is 2. The predicted octanol–water partition coefficient (Wildman–Crippen LogP) is 3.09. The molecule has 0 aliphatic carbocycles. The first kappa shape index (κ1) is 23.8. The monoisotopic (exact) mass is 477 g/mol. The molecule has 5 rings (SSSR count). The molecule has 3 aliphatic heterocycles. The molecule has 0 bridgehead atoms. The van der Waals surface area contributed by atoms with Crippen LogP contribution >= 0.6 is 0 Å². The van der Waals surface area contributed by atoms with Gasteiger partial charge in [-0.1, -0.05) is 30.3 Å². The lowest BCUT2D eigenvalue weighted by molar-refractivity contribution is -0.138. The number of ether oxygens (including phenoxy) is 2. The number of Topliss-reactive ketones (excluding diaryl/α,β-unsaturated/α-hetero) is 1. The summed E-state index contributed by atoms with van der Waals surface area (Å²) in [5.74, 6) is 1.72. The van der Waals surface area contributed by atoms with Gasteiger partial charge in [-0.2, -0.15) is 0 Å². The molecule has 3 heterocycles. The van der Waals surface area contributed by atoms with Crippen LogP contribution in [0.4, 0.5) is 0 Å². The molecule has 2 saturated heterocycles. The maximum atomic E-state index is 13.2. The maximum absolute atomic E-state index is 13.2. The Morgan fingerprint density at radius 3 is 2.29 bits per heavy atom. The SMILES string of the molecule is CC(C(=O)N1CCN(Cc2ccccc2)CC1)N1CCC(C(=O)c2ccc3c(c2)OCCO3)CC1. The highest BCUT2D eigenvalue weighted by atomic mass is 16.6. The fourth-order valence-electron chi connectivity index (χ4n) is 5.37. The van der Waals surface area contributed by atoms with E-state index in [1.165, 1.54) is 5.56 Å². The molecular formula is C28H35N3O4. The van der Waals surface area contributed by atoms with Crippen molar-refractivity contribution in [2.24, 2.45) is 5.92 Å². The van der Waals surface area contributed by atoms with Crippen LogP contribution in [0, 0.1) is 5.92 Å². The molecule has 0 N–H and O–H groups in total. The van der Waals surface area contributed by atoms with Crippen LogP contribution in [0.1, 0.15) is 35.7 Å². The Labute approximate surface area is 207 Å². The third-order valence-corrected chi connectivity index (χ3v) is 7.57. The van der Waals surface area contributed by atoms with E-state index in [-0.39, 0.29) is 23.7 Å². The molecule has 1 atom stereocenters. The number of nitrogens with zero attached hydrogens (tertiary/aromatic N) is 3. The number of likely N-dealkylation sites (tertiary alicyclic amines) is 1. The first-order valence-electron chi connectivity index (χ1n) is 12.8. The van der Waals surface area contributed by atoms with Crippen molar-refractivity contribution in [3.05, 3.63) is 59.7 Å². The average Bonchev–Trinajstić information content (AvgIpc) is 2.92. The number of benzene rings is 2. The number of carbonyl (C=O) groups is 2. The fourth-order valence-corrected chi connectivity index (χ4v) is 5.37. The number of amides is 1. The summed E-state index contributed by atoms with van der Waals surface area (Å²) in [6.07, 6.45) is 1.55. The molecule has 7 nitrogen and oxygen atoms in total. The molecule has 186 valence electrons. The van der Waals surface area contributed by atoms with E-state index in [0.29, 0.717) is 30.3 Å². The Morgan fingerprint density at radius 2 is 1.57 bits per heavy atom. The van der Waals surface area contributed by atoms with E-state index in [0.717, 1.165) is 58.7 Å². The third-order valence-electron chi connectivity index (χ3n) is 7.57. The van der Waals surface area contributed by atoms with Crippen molar-refractivity contribution >= 4 is 11.7 Å². The van der Waals surface area contributed by atoms with E-state index < -0.39 is 0 Å². The summed E-state index contributed by atoms with van der Waals surface area (Å²) in [6.45, 7) is 8.88. The number of hydrogen-bond donors (Lipinski definition) is 0. The molecule has 0 radical (unpaired) electrons. The second-order valence-corrected chi connectivity index (χ2v) is 9.80. The van der Waals surface area contributed by atoms with Crippen molar-refractivity contribution in [3.63, 3.8) is 0 Å². The summed E-state index contributed by atoms with van der Waals surface area (Å²) < 4.78 is 11.2. The zero-order valence-electron chi connectivity index (χ0n) is 20.5. The van der Waals surface area contributed by atoms with Crippen LogP contribution in [0.5, 0.6) is 11.5 Å². The standard InChI is InChI=1S/C28H35N3O4/c1-21(28(33)31-15-13-29(14-16-31)20-22-5-3-2-4-6-22)30-11-9-23(10-12-30)27(32)24-7-8-25-26(19-24)35-18-17-34-25/h2-8,19,21,23H,9-18,20H2,1H3. The van der Waals surface area contributed by atoms with Crippen LogP contribution in [0.25, 0.3) is 0 Å². The van der Waals surface area contributed by atoms with Gasteiger partial charge in [-0.3, -0.25) is 19.4 Å². The van der Waals surface area contributed by atoms with Crippen LogP contribution in [0.3, 0.4) is 0 Å². The number of rotatable bonds is 6. The number of ketones is 1. The minimum absolute atomic E-state index is 0.0161. The van der Waals surface area contributed by atoms with Crippen LogP contribution < -0.4 is 9.47 Å². The molecule has 3 aliphatic rings. The Bertz CT molecular complexity index is 1030. The fraction of sp³-hybridized carbons (Fsp3) is 0.500.